The van der Waals surface area contributed by atoms with Crippen molar-refractivity contribution in [1.82, 2.24) is 4.90 Å². The van der Waals surface area contributed by atoms with Crippen molar-refractivity contribution in [2.24, 2.45) is 0 Å². The van der Waals surface area contributed by atoms with Gasteiger partial charge in [0.1, 0.15) is 6.04 Å². The predicted molar refractivity (Wildman–Crippen MR) is 67.6 cm³/mol. The summed E-state index contributed by atoms with van der Waals surface area (Å²) < 4.78 is 0. The molecule has 0 unspecified atom stereocenters. The number of aliphatic hydroxyl groups is 1. The van der Waals surface area contributed by atoms with Crippen LogP contribution in [0.3, 0.4) is 0 Å². The zero-order valence-electron chi connectivity index (χ0n) is 9.11. The molecule has 1 aromatic carbocycles. The van der Waals surface area contributed by atoms with Gasteiger partial charge in [0.25, 0.3) is 5.91 Å². The number of hydrogen-bond acceptors (Lipinski definition) is 3. The Balaban J connectivity index is 1.95. The fourth-order valence-electron chi connectivity index (χ4n) is 2.45. The van der Waals surface area contributed by atoms with E-state index in [2.05, 4.69) is 0 Å². The van der Waals surface area contributed by atoms with Crippen LogP contribution in [-0.2, 0) is 4.79 Å². The molecule has 2 heterocycles. The Labute approximate surface area is 104 Å². The van der Waals surface area contributed by atoms with Gasteiger partial charge in [-0.25, -0.2) is 0 Å². The number of aliphatic hydroxyl groups excluding tert-OH is 1. The van der Waals surface area contributed by atoms with Gasteiger partial charge in [0.05, 0.1) is 11.8 Å². The van der Waals surface area contributed by atoms with E-state index in [0.29, 0.717) is 18.1 Å². The third kappa shape index (κ3) is 1.54. The highest BCUT2D eigenvalue weighted by Crippen LogP contribution is 2.31. The summed E-state index contributed by atoms with van der Waals surface area (Å²) in [5.41, 5.74) is 0.798. The Morgan fingerprint density at radius 3 is 2.65 bits per heavy atom. The van der Waals surface area contributed by atoms with Gasteiger partial charge in [-0.15, -0.1) is 0 Å². The molecule has 5 heteroatoms. The SMILES string of the molecule is O=C1[C@H]2C[C@H](O)CN2C(=S)N1c1ccccc1. The molecule has 0 saturated carbocycles. The highest BCUT2D eigenvalue weighted by Gasteiger charge is 2.48. The summed E-state index contributed by atoms with van der Waals surface area (Å²) in [6.45, 7) is 0.457. The first-order valence-corrected chi connectivity index (χ1v) is 5.97. The molecule has 0 aromatic heterocycles. The van der Waals surface area contributed by atoms with Gasteiger partial charge in [0.15, 0.2) is 5.11 Å². The molecule has 2 fully saturated rings. The van der Waals surface area contributed by atoms with E-state index >= 15 is 0 Å². The first-order chi connectivity index (χ1) is 8.18. The first kappa shape index (κ1) is 10.7. The van der Waals surface area contributed by atoms with E-state index in [9.17, 15) is 9.90 Å². The van der Waals surface area contributed by atoms with Crippen LogP contribution in [0.25, 0.3) is 0 Å². The number of amides is 1. The van der Waals surface area contributed by atoms with Crippen LogP contribution in [-0.4, -0.2) is 39.7 Å². The number of benzene rings is 1. The standard InChI is InChI=1S/C12H12N2O2S/c15-9-6-10-11(16)14(12(17)13(10)7-9)8-4-2-1-3-5-8/h1-5,9-10,15H,6-7H2/t9-,10+/m0/s1. The van der Waals surface area contributed by atoms with Crippen LogP contribution < -0.4 is 4.90 Å². The number of rotatable bonds is 1. The maximum atomic E-state index is 12.2. The molecular formula is C12H12N2O2S. The minimum absolute atomic E-state index is 0.0299. The lowest BCUT2D eigenvalue weighted by atomic mass is 10.2. The molecule has 1 amide bonds. The summed E-state index contributed by atoms with van der Waals surface area (Å²) in [7, 11) is 0. The number of para-hydroxylation sites is 1. The molecule has 88 valence electrons. The van der Waals surface area contributed by atoms with Crippen LogP contribution in [0.2, 0.25) is 0 Å². The summed E-state index contributed by atoms with van der Waals surface area (Å²) >= 11 is 5.31. The quantitative estimate of drug-likeness (QED) is 0.745. The van der Waals surface area contributed by atoms with Gasteiger partial charge >= 0.3 is 0 Å². The molecule has 3 rings (SSSR count). The molecule has 2 saturated heterocycles. The van der Waals surface area contributed by atoms with Crippen molar-refractivity contribution < 1.29 is 9.90 Å². The van der Waals surface area contributed by atoms with Gasteiger partial charge in [-0.05, 0) is 24.4 Å². The van der Waals surface area contributed by atoms with E-state index in [1.807, 2.05) is 35.2 Å². The summed E-state index contributed by atoms with van der Waals surface area (Å²) in [5, 5.41) is 10.1. The molecule has 0 aliphatic carbocycles. The van der Waals surface area contributed by atoms with Crippen molar-refractivity contribution in [2.75, 3.05) is 11.4 Å². The van der Waals surface area contributed by atoms with Crippen LogP contribution in [0.5, 0.6) is 0 Å². The summed E-state index contributed by atoms with van der Waals surface area (Å²) in [6, 6.07) is 9.11. The number of thiocarbonyl (C=S) groups is 1. The van der Waals surface area contributed by atoms with Crippen molar-refractivity contribution in [3.8, 4) is 0 Å². The van der Waals surface area contributed by atoms with Gasteiger partial charge in [-0.2, -0.15) is 0 Å². The molecule has 2 atom stereocenters. The Bertz CT molecular complexity index is 453. The molecular weight excluding hydrogens is 236 g/mol. The molecule has 0 bridgehead atoms. The Kier molecular flexibility index (Phi) is 2.38. The molecule has 17 heavy (non-hydrogen) atoms. The van der Waals surface area contributed by atoms with E-state index in [1.54, 1.807) is 4.90 Å². The third-order valence-electron chi connectivity index (χ3n) is 3.24. The highest BCUT2D eigenvalue weighted by molar-refractivity contribution is 7.80. The van der Waals surface area contributed by atoms with E-state index < -0.39 is 6.10 Å². The van der Waals surface area contributed by atoms with Crippen molar-refractivity contribution in [2.45, 2.75) is 18.6 Å². The average Bonchev–Trinajstić information content (AvgIpc) is 2.81. The second-order valence-corrected chi connectivity index (χ2v) is 4.71. The second-order valence-electron chi connectivity index (χ2n) is 4.35. The second kappa shape index (κ2) is 3.78. The molecule has 2 aliphatic rings. The van der Waals surface area contributed by atoms with Crippen LogP contribution in [0.4, 0.5) is 5.69 Å². The number of anilines is 1. The number of carbonyl (C=O) groups is 1. The molecule has 0 spiro atoms. The maximum absolute atomic E-state index is 12.2. The summed E-state index contributed by atoms with van der Waals surface area (Å²) in [4.78, 5) is 15.6. The lowest BCUT2D eigenvalue weighted by Crippen LogP contribution is -2.34. The van der Waals surface area contributed by atoms with Crippen molar-refractivity contribution in [3.05, 3.63) is 30.3 Å². The van der Waals surface area contributed by atoms with Crippen molar-refractivity contribution in [3.63, 3.8) is 0 Å². The molecule has 0 radical (unpaired) electrons. The zero-order chi connectivity index (χ0) is 12.0. The summed E-state index contributed by atoms with van der Waals surface area (Å²) in [6.07, 6.45) is 0.0299. The minimum Gasteiger partial charge on any atom is -0.391 e. The van der Waals surface area contributed by atoms with Gasteiger partial charge < -0.3 is 10.0 Å². The molecule has 1 N–H and O–H groups in total. The highest BCUT2D eigenvalue weighted by atomic mass is 32.1. The number of nitrogens with zero attached hydrogens (tertiary/aromatic N) is 2. The fourth-order valence-corrected chi connectivity index (χ4v) is 2.84. The monoisotopic (exact) mass is 248 g/mol. The lowest BCUT2D eigenvalue weighted by molar-refractivity contribution is -0.119. The lowest BCUT2D eigenvalue weighted by Gasteiger charge is -2.19. The maximum Gasteiger partial charge on any atom is 0.256 e. The summed E-state index contributed by atoms with van der Waals surface area (Å²) in [5.74, 6) is -0.0299. The average molecular weight is 248 g/mol. The van der Waals surface area contributed by atoms with Crippen molar-refractivity contribution >= 4 is 28.9 Å². The Hall–Kier alpha value is -1.46. The topological polar surface area (TPSA) is 43.8 Å². The van der Waals surface area contributed by atoms with Crippen molar-refractivity contribution in [1.29, 1.82) is 0 Å². The Morgan fingerprint density at radius 2 is 2.00 bits per heavy atom. The Morgan fingerprint density at radius 1 is 1.29 bits per heavy atom. The van der Waals surface area contributed by atoms with E-state index in [1.165, 1.54) is 0 Å². The van der Waals surface area contributed by atoms with E-state index in [0.717, 1.165) is 5.69 Å². The predicted octanol–water partition coefficient (Wildman–Crippen LogP) is 0.753. The van der Waals surface area contributed by atoms with Crippen LogP contribution in [0, 0.1) is 0 Å². The zero-order valence-corrected chi connectivity index (χ0v) is 9.93. The van der Waals surface area contributed by atoms with Crippen LogP contribution >= 0.6 is 12.2 Å². The molecule has 4 nitrogen and oxygen atoms in total. The van der Waals surface area contributed by atoms with Gasteiger partial charge in [0.2, 0.25) is 0 Å². The smallest absolute Gasteiger partial charge is 0.256 e. The molecule has 1 aromatic rings. The first-order valence-electron chi connectivity index (χ1n) is 5.56. The van der Waals surface area contributed by atoms with E-state index in [4.69, 9.17) is 12.2 Å². The fraction of sp³-hybridized carbons (Fsp3) is 0.333. The van der Waals surface area contributed by atoms with E-state index in [-0.39, 0.29) is 11.9 Å². The number of fused-ring (bicyclic) bond motifs is 1. The largest absolute Gasteiger partial charge is 0.391 e. The van der Waals surface area contributed by atoms with Gasteiger partial charge in [-0.3, -0.25) is 9.69 Å². The third-order valence-corrected chi connectivity index (χ3v) is 3.65. The van der Waals surface area contributed by atoms with Gasteiger partial charge in [0, 0.05) is 13.0 Å². The number of hydrogen-bond donors (Lipinski definition) is 1. The van der Waals surface area contributed by atoms with Crippen LogP contribution in [0.1, 0.15) is 6.42 Å². The number of carbonyl (C=O) groups excluding carboxylic acids is 1. The molecule has 2 aliphatic heterocycles. The normalized spacial score (nSPS) is 27.8. The van der Waals surface area contributed by atoms with Gasteiger partial charge in [-0.1, -0.05) is 18.2 Å². The minimum atomic E-state index is -0.445. The van der Waals surface area contributed by atoms with Crippen LogP contribution in [0.15, 0.2) is 30.3 Å².